The van der Waals surface area contributed by atoms with Crippen LogP contribution in [0.1, 0.15) is 19.4 Å². The average molecular weight is 483 g/mol. The summed E-state index contributed by atoms with van der Waals surface area (Å²) in [5.74, 6) is 0.732. The molecule has 0 bridgehead atoms. The molecular weight excluding hydrogens is 451 g/mol. The second-order valence-corrected chi connectivity index (χ2v) is 10.1. The van der Waals surface area contributed by atoms with Crippen molar-refractivity contribution in [3.05, 3.63) is 47.2 Å². The van der Waals surface area contributed by atoms with Crippen LogP contribution in [0.2, 0.25) is 0 Å². The quantitative estimate of drug-likeness (QED) is 0.557. The number of nitrogens with zero attached hydrogens (tertiary/aromatic N) is 5. The van der Waals surface area contributed by atoms with Gasteiger partial charge in [-0.05, 0) is 44.7 Å². The van der Waals surface area contributed by atoms with Gasteiger partial charge in [0.2, 0.25) is 0 Å². The molecule has 0 aliphatic carbocycles. The maximum atomic E-state index is 14.8. The maximum absolute atomic E-state index is 14.8. The summed E-state index contributed by atoms with van der Waals surface area (Å²) in [4.78, 5) is 16.2. The topological polar surface area (TPSA) is 56.8 Å². The number of rotatable bonds is 6. The fourth-order valence-electron chi connectivity index (χ4n) is 4.42. The second-order valence-electron chi connectivity index (χ2n) is 9.24. The van der Waals surface area contributed by atoms with Crippen molar-refractivity contribution in [2.24, 2.45) is 0 Å². The lowest BCUT2D eigenvalue weighted by atomic mass is 10.1. The van der Waals surface area contributed by atoms with E-state index in [0.29, 0.717) is 12.4 Å². The number of ether oxygens (including phenoxy) is 1. The average Bonchev–Trinajstić information content (AvgIpc) is 3.30. The van der Waals surface area contributed by atoms with Gasteiger partial charge in [0.1, 0.15) is 12.4 Å². The highest BCUT2D eigenvalue weighted by Crippen LogP contribution is 2.39. The van der Waals surface area contributed by atoms with Crippen LogP contribution in [0.5, 0.6) is 5.75 Å². The third-order valence-electron chi connectivity index (χ3n) is 6.40. The van der Waals surface area contributed by atoms with Crippen LogP contribution in [0, 0.1) is 5.82 Å². The van der Waals surface area contributed by atoms with Gasteiger partial charge >= 0.3 is 0 Å². The highest BCUT2D eigenvalue weighted by Gasteiger charge is 2.25. The van der Waals surface area contributed by atoms with E-state index in [0.717, 1.165) is 67.2 Å². The molecule has 3 aromatic rings. The number of hydrogen-bond acceptors (Lipinski definition) is 8. The van der Waals surface area contributed by atoms with Crippen LogP contribution in [0.4, 0.5) is 21.0 Å². The van der Waals surface area contributed by atoms with Crippen LogP contribution in [-0.2, 0) is 6.54 Å². The Labute approximate surface area is 204 Å². The van der Waals surface area contributed by atoms with Crippen molar-refractivity contribution < 1.29 is 9.13 Å². The first-order valence-corrected chi connectivity index (χ1v) is 12.7. The zero-order valence-corrected chi connectivity index (χ0v) is 20.7. The number of aromatic nitrogens is 2. The zero-order chi connectivity index (χ0) is 23.7. The molecule has 0 atom stereocenters. The van der Waals surface area contributed by atoms with Crippen LogP contribution in [0.25, 0.3) is 11.3 Å². The van der Waals surface area contributed by atoms with Gasteiger partial charge in [0.15, 0.2) is 16.7 Å². The summed E-state index contributed by atoms with van der Waals surface area (Å²) in [6, 6.07) is 7.84. The molecule has 0 radical (unpaired) electrons. The first-order chi connectivity index (χ1) is 16.5. The standard InChI is InChI=1S/C25H31FN6OS/c1-17(2)32-10-11-33-24-20(26)12-19(13-22(24)32)21-16-34-25(28-21)29-23-5-4-18(14-27-23)15-31-8-6-30(3)7-9-31/h4-5,12-14,16-17H,6-11,15H2,1-3H3,(H,27,28,29). The Morgan fingerprint density at radius 1 is 1.15 bits per heavy atom. The van der Waals surface area contributed by atoms with Crippen molar-refractivity contribution in [3.63, 3.8) is 0 Å². The molecule has 9 heteroatoms. The maximum Gasteiger partial charge on any atom is 0.188 e. The number of pyridine rings is 1. The van der Waals surface area contributed by atoms with E-state index in [1.165, 1.54) is 23.0 Å². The van der Waals surface area contributed by atoms with Crippen molar-refractivity contribution in [3.8, 4) is 17.0 Å². The van der Waals surface area contributed by atoms with Gasteiger partial charge in [0.25, 0.3) is 0 Å². The number of fused-ring (bicyclic) bond motifs is 1. The molecule has 0 spiro atoms. The second kappa shape index (κ2) is 9.85. The summed E-state index contributed by atoms with van der Waals surface area (Å²) in [6.07, 6.45) is 1.93. The van der Waals surface area contributed by atoms with Gasteiger partial charge in [-0.2, -0.15) is 0 Å². The third kappa shape index (κ3) is 5.01. The molecule has 180 valence electrons. The molecule has 2 aliphatic heterocycles. The van der Waals surface area contributed by atoms with Gasteiger partial charge in [-0.25, -0.2) is 14.4 Å². The van der Waals surface area contributed by atoms with Crippen molar-refractivity contribution in [2.45, 2.75) is 26.4 Å². The highest BCUT2D eigenvalue weighted by atomic mass is 32.1. The van der Waals surface area contributed by atoms with Crippen LogP contribution in [0.15, 0.2) is 35.8 Å². The van der Waals surface area contributed by atoms with Crippen LogP contribution >= 0.6 is 11.3 Å². The van der Waals surface area contributed by atoms with Crippen LogP contribution in [-0.4, -0.2) is 72.2 Å². The number of thiazole rings is 1. The van der Waals surface area contributed by atoms with E-state index < -0.39 is 0 Å². The Kier molecular flexibility index (Phi) is 6.67. The SMILES string of the molecule is CC(C)N1CCOc2c(F)cc(-c3csc(Nc4ccc(CN5CCN(C)CC5)cn4)n3)cc21. The predicted molar refractivity (Wildman–Crippen MR) is 136 cm³/mol. The molecule has 5 rings (SSSR count). The predicted octanol–water partition coefficient (Wildman–Crippen LogP) is 4.44. The summed E-state index contributed by atoms with van der Waals surface area (Å²) >= 11 is 1.48. The Bertz CT molecular complexity index is 1130. The van der Waals surface area contributed by atoms with E-state index in [1.807, 2.05) is 23.7 Å². The van der Waals surface area contributed by atoms with E-state index in [2.05, 4.69) is 56.9 Å². The molecular formula is C25H31FN6OS. The minimum absolute atomic E-state index is 0.259. The summed E-state index contributed by atoms with van der Waals surface area (Å²) in [6.45, 7) is 10.8. The molecule has 2 aliphatic rings. The van der Waals surface area contributed by atoms with Crippen molar-refractivity contribution in [1.82, 2.24) is 19.8 Å². The largest absolute Gasteiger partial charge is 0.486 e. The molecule has 0 unspecified atom stereocenters. The summed E-state index contributed by atoms with van der Waals surface area (Å²) in [5, 5.41) is 5.95. The lowest BCUT2D eigenvalue weighted by molar-refractivity contribution is 0.148. The molecule has 0 amide bonds. The summed E-state index contributed by atoms with van der Waals surface area (Å²) in [5.41, 5.74) is 3.47. The highest BCUT2D eigenvalue weighted by molar-refractivity contribution is 7.14. The minimum atomic E-state index is -0.349. The van der Waals surface area contributed by atoms with Crippen LogP contribution in [0.3, 0.4) is 0 Å². The van der Waals surface area contributed by atoms with E-state index in [-0.39, 0.29) is 11.9 Å². The fraction of sp³-hybridized carbons (Fsp3) is 0.440. The lowest BCUT2D eigenvalue weighted by Gasteiger charge is -2.34. The van der Waals surface area contributed by atoms with E-state index in [1.54, 1.807) is 0 Å². The van der Waals surface area contributed by atoms with E-state index >= 15 is 0 Å². The van der Waals surface area contributed by atoms with Crippen molar-refractivity contribution in [1.29, 1.82) is 0 Å². The molecule has 4 heterocycles. The van der Waals surface area contributed by atoms with Crippen molar-refractivity contribution in [2.75, 3.05) is 56.6 Å². The third-order valence-corrected chi connectivity index (χ3v) is 7.15. The Morgan fingerprint density at radius 3 is 2.71 bits per heavy atom. The van der Waals surface area contributed by atoms with E-state index in [9.17, 15) is 4.39 Å². The molecule has 7 nitrogen and oxygen atoms in total. The first-order valence-electron chi connectivity index (χ1n) is 11.8. The number of halogens is 1. The van der Waals surface area contributed by atoms with Gasteiger partial charge in [0, 0.05) is 55.9 Å². The number of likely N-dealkylation sites (N-methyl/N-ethyl adjacent to an activating group) is 1. The number of anilines is 3. The number of benzene rings is 1. The monoisotopic (exact) mass is 482 g/mol. The number of nitrogens with one attached hydrogen (secondary N) is 1. The Hall–Kier alpha value is -2.75. The Balaban J connectivity index is 1.27. The van der Waals surface area contributed by atoms with Gasteiger partial charge < -0.3 is 19.9 Å². The first kappa shape index (κ1) is 23.0. The summed E-state index contributed by atoms with van der Waals surface area (Å²) < 4.78 is 20.4. The molecule has 34 heavy (non-hydrogen) atoms. The molecule has 1 fully saturated rings. The van der Waals surface area contributed by atoms with Gasteiger partial charge in [-0.15, -0.1) is 11.3 Å². The van der Waals surface area contributed by atoms with Gasteiger partial charge in [-0.1, -0.05) is 6.07 Å². The minimum Gasteiger partial charge on any atom is -0.486 e. The molecule has 2 aromatic heterocycles. The molecule has 1 N–H and O–H groups in total. The Morgan fingerprint density at radius 2 is 1.97 bits per heavy atom. The van der Waals surface area contributed by atoms with Crippen molar-refractivity contribution >= 4 is 28.0 Å². The fourth-order valence-corrected chi connectivity index (χ4v) is 5.14. The van der Waals surface area contributed by atoms with Crippen LogP contribution < -0.4 is 15.0 Å². The number of hydrogen-bond donors (Lipinski definition) is 1. The van der Waals surface area contributed by atoms with E-state index in [4.69, 9.17) is 4.74 Å². The van der Waals surface area contributed by atoms with Gasteiger partial charge in [-0.3, -0.25) is 4.90 Å². The summed E-state index contributed by atoms with van der Waals surface area (Å²) in [7, 11) is 2.17. The number of piperazine rings is 1. The molecule has 1 aromatic carbocycles. The normalized spacial score (nSPS) is 17.0. The molecule has 1 saturated heterocycles. The molecule has 0 saturated carbocycles. The smallest absolute Gasteiger partial charge is 0.188 e. The van der Waals surface area contributed by atoms with Gasteiger partial charge in [0.05, 0.1) is 17.9 Å². The lowest BCUT2D eigenvalue weighted by Crippen LogP contribution is -2.43. The zero-order valence-electron chi connectivity index (χ0n) is 19.9.